The normalized spacial score (nSPS) is 12.4. The van der Waals surface area contributed by atoms with E-state index in [0.717, 1.165) is 32.5 Å². The average Bonchev–Trinajstić information content (AvgIpc) is 2.72. The van der Waals surface area contributed by atoms with Crippen molar-refractivity contribution in [1.82, 2.24) is 14.7 Å². The third kappa shape index (κ3) is 3.82. The molecule has 4 heteroatoms. The molecule has 1 aromatic rings. The van der Waals surface area contributed by atoms with Gasteiger partial charge in [-0.2, -0.15) is 5.10 Å². The number of hydrogen-bond acceptors (Lipinski definition) is 3. The van der Waals surface area contributed by atoms with Crippen molar-refractivity contribution < 1.29 is 0 Å². The van der Waals surface area contributed by atoms with E-state index in [1.54, 1.807) is 0 Å². The van der Waals surface area contributed by atoms with Crippen LogP contribution in [0, 0.1) is 5.41 Å². The van der Waals surface area contributed by atoms with Gasteiger partial charge >= 0.3 is 0 Å². The predicted molar refractivity (Wildman–Crippen MR) is 71.6 cm³/mol. The minimum Gasteiger partial charge on any atom is -0.330 e. The van der Waals surface area contributed by atoms with E-state index in [9.17, 15) is 0 Å². The second-order valence-electron chi connectivity index (χ2n) is 5.11. The molecule has 2 N–H and O–H groups in total. The highest BCUT2D eigenvalue weighted by molar-refractivity contribution is 5.03. The lowest BCUT2D eigenvalue weighted by Crippen LogP contribution is -2.40. The first-order valence-corrected chi connectivity index (χ1v) is 6.41. The van der Waals surface area contributed by atoms with Crippen molar-refractivity contribution in [1.29, 1.82) is 0 Å². The summed E-state index contributed by atoms with van der Waals surface area (Å²) in [5, 5.41) is 4.19. The van der Waals surface area contributed by atoms with Gasteiger partial charge in [0.05, 0.1) is 6.20 Å². The van der Waals surface area contributed by atoms with Gasteiger partial charge in [0.25, 0.3) is 0 Å². The van der Waals surface area contributed by atoms with Gasteiger partial charge in [-0.1, -0.05) is 13.8 Å². The fourth-order valence-electron chi connectivity index (χ4n) is 2.32. The summed E-state index contributed by atoms with van der Waals surface area (Å²) >= 11 is 0. The Bertz CT molecular complexity index is 320. The Morgan fingerprint density at radius 2 is 2.06 bits per heavy atom. The molecule has 0 atom stereocenters. The minimum atomic E-state index is 0.261. The van der Waals surface area contributed by atoms with Crippen LogP contribution in [0.15, 0.2) is 12.4 Å². The number of nitrogens with zero attached hydrogens (tertiary/aromatic N) is 3. The van der Waals surface area contributed by atoms with Crippen LogP contribution in [0.25, 0.3) is 0 Å². The molecule has 1 aromatic heterocycles. The Labute approximate surface area is 105 Å². The van der Waals surface area contributed by atoms with E-state index in [0.29, 0.717) is 0 Å². The number of aryl methyl sites for hydroxylation is 1. The van der Waals surface area contributed by atoms with Crippen molar-refractivity contribution in [3.8, 4) is 0 Å². The Hall–Kier alpha value is -0.870. The Morgan fingerprint density at radius 1 is 1.41 bits per heavy atom. The topological polar surface area (TPSA) is 47.1 Å². The first-order valence-electron chi connectivity index (χ1n) is 6.41. The molecule has 0 aliphatic heterocycles. The Kier molecular flexibility index (Phi) is 5.15. The van der Waals surface area contributed by atoms with E-state index in [1.165, 1.54) is 5.56 Å². The van der Waals surface area contributed by atoms with Crippen LogP contribution < -0.4 is 5.73 Å². The molecule has 0 saturated heterocycles. The van der Waals surface area contributed by atoms with Crippen LogP contribution in [0.1, 0.15) is 32.3 Å². The van der Waals surface area contributed by atoms with Crippen LogP contribution in [-0.4, -0.2) is 34.8 Å². The summed E-state index contributed by atoms with van der Waals surface area (Å²) in [6.07, 6.45) is 6.27. The standard InChI is InChI=1S/C13H26N4/c1-5-13(6-2,10-14)11-16(3)8-12-7-15-17(4)9-12/h7,9H,5-6,8,10-11,14H2,1-4H3. The molecule has 0 saturated carbocycles. The average molecular weight is 238 g/mol. The van der Waals surface area contributed by atoms with Gasteiger partial charge in [-0.05, 0) is 31.8 Å². The second-order valence-corrected chi connectivity index (χ2v) is 5.11. The van der Waals surface area contributed by atoms with Crippen molar-refractivity contribution in [2.75, 3.05) is 20.1 Å². The van der Waals surface area contributed by atoms with E-state index in [1.807, 2.05) is 17.9 Å². The van der Waals surface area contributed by atoms with Gasteiger partial charge < -0.3 is 10.6 Å². The van der Waals surface area contributed by atoms with Crippen LogP contribution in [0.2, 0.25) is 0 Å². The van der Waals surface area contributed by atoms with Crippen molar-refractivity contribution in [3.05, 3.63) is 18.0 Å². The molecule has 0 fully saturated rings. The quantitative estimate of drug-likeness (QED) is 0.785. The maximum atomic E-state index is 5.93. The largest absolute Gasteiger partial charge is 0.330 e. The second kappa shape index (κ2) is 6.17. The summed E-state index contributed by atoms with van der Waals surface area (Å²) in [5.41, 5.74) is 7.45. The van der Waals surface area contributed by atoms with Gasteiger partial charge in [0.1, 0.15) is 0 Å². The van der Waals surface area contributed by atoms with Crippen LogP contribution in [-0.2, 0) is 13.6 Å². The summed E-state index contributed by atoms with van der Waals surface area (Å²) in [7, 11) is 4.11. The molecule has 0 unspecified atom stereocenters. The van der Waals surface area contributed by atoms with Gasteiger partial charge in [0, 0.05) is 31.9 Å². The number of hydrogen-bond donors (Lipinski definition) is 1. The monoisotopic (exact) mass is 238 g/mol. The van der Waals surface area contributed by atoms with E-state index in [2.05, 4.69) is 37.1 Å². The molecule has 0 aromatic carbocycles. The molecule has 4 nitrogen and oxygen atoms in total. The number of nitrogens with two attached hydrogens (primary N) is 1. The summed E-state index contributed by atoms with van der Waals surface area (Å²) < 4.78 is 1.85. The van der Waals surface area contributed by atoms with E-state index in [-0.39, 0.29) is 5.41 Å². The first-order chi connectivity index (χ1) is 8.05. The summed E-state index contributed by atoms with van der Waals surface area (Å²) in [6.45, 7) is 7.21. The third-order valence-corrected chi connectivity index (χ3v) is 3.75. The number of rotatable bonds is 7. The highest BCUT2D eigenvalue weighted by atomic mass is 15.2. The molecule has 0 amide bonds. The third-order valence-electron chi connectivity index (χ3n) is 3.75. The van der Waals surface area contributed by atoms with E-state index >= 15 is 0 Å². The molecule has 0 aliphatic rings. The van der Waals surface area contributed by atoms with Gasteiger partial charge in [-0.15, -0.1) is 0 Å². The summed E-state index contributed by atoms with van der Waals surface area (Å²) in [4.78, 5) is 2.34. The SMILES string of the molecule is CCC(CC)(CN)CN(C)Cc1cnn(C)c1. The van der Waals surface area contributed by atoms with Gasteiger partial charge in [0.15, 0.2) is 0 Å². The Morgan fingerprint density at radius 3 is 2.47 bits per heavy atom. The highest BCUT2D eigenvalue weighted by Gasteiger charge is 2.25. The molecule has 1 heterocycles. The van der Waals surface area contributed by atoms with Crippen molar-refractivity contribution >= 4 is 0 Å². The molecule has 0 bridgehead atoms. The smallest absolute Gasteiger partial charge is 0.0534 e. The lowest BCUT2D eigenvalue weighted by molar-refractivity contribution is 0.162. The predicted octanol–water partition coefficient (Wildman–Crippen LogP) is 1.62. The summed E-state index contributed by atoms with van der Waals surface area (Å²) in [5.74, 6) is 0. The van der Waals surface area contributed by atoms with E-state index in [4.69, 9.17) is 5.73 Å². The zero-order chi connectivity index (χ0) is 12.9. The lowest BCUT2D eigenvalue weighted by atomic mass is 9.82. The lowest BCUT2D eigenvalue weighted by Gasteiger charge is -2.34. The van der Waals surface area contributed by atoms with Crippen molar-refractivity contribution in [3.63, 3.8) is 0 Å². The zero-order valence-electron chi connectivity index (χ0n) is 11.6. The molecule has 0 radical (unpaired) electrons. The zero-order valence-corrected chi connectivity index (χ0v) is 11.6. The van der Waals surface area contributed by atoms with Gasteiger partial charge in [0.2, 0.25) is 0 Å². The highest BCUT2D eigenvalue weighted by Crippen LogP contribution is 2.26. The maximum absolute atomic E-state index is 5.93. The fourth-order valence-corrected chi connectivity index (χ4v) is 2.32. The van der Waals surface area contributed by atoms with Gasteiger partial charge in [-0.3, -0.25) is 4.68 Å². The van der Waals surface area contributed by atoms with Crippen LogP contribution in [0.4, 0.5) is 0 Å². The number of aromatic nitrogens is 2. The molecule has 0 aliphatic carbocycles. The van der Waals surface area contributed by atoms with E-state index < -0.39 is 0 Å². The molecular formula is C13H26N4. The summed E-state index contributed by atoms with van der Waals surface area (Å²) in [6, 6.07) is 0. The fraction of sp³-hybridized carbons (Fsp3) is 0.769. The van der Waals surface area contributed by atoms with Gasteiger partial charge in [-0.25, -0.2) is 0 Å². The molecule has 17 heavy (non-hydrogen) atoms. The molecule has 1 rings (SSSR count). The molecule has 0 spiro atoms. The van der Waals surface area contributed by atoms with Crippen molar-refractivity contribution in [2.45, 2.75) is 33.2 Å². The first kappa shape index (κ1) is 14.2. The van der Waals surface area contributed by atoms with Crippen molar-refractivity contribution in [2.24, 2.45) is 18.2 Å². The Balaban J connectivity index is 2.56. The molecular weight excluding hydrogens is 212 g/mol. The van der Waals surface area contributed by atoms with Crippen LogP contribution in [0.5, 0.6) is 0 Å². The van der Waals surface area contributed by atoms with Crippen LogP contribution in [0.3, 0.4) is 0 Å². The molecule has 98 valence electrons. The maximum Gasteiger partial charge on any atom is 0.0534 e. The van der Waals surface area contributed by atoms with Crippen LogP contribution >= 0.6 is 0 Å². The minimum absolute atomic E-state index is 0.261.